The topological polar surface area (TPSA) is 49.4 Å². The van der Waals surface area contributed by atoms with Crippen LogP contribution in [-0.4, -0.2) is 22.8 Å². The molecule has 0 spiro atoms. The molecule has 3 aromatic carbocycles. The standard InChI is InChI=1S/C25H22Cl4N2O2/c1-16(25(33)30-14-19-6-11-22(28)13-23(19)29)31(15-18-4-9-21(27)10-5-18)24(32)12-17-2-7-20(26)8-3-17/h2-11,13,16H,12,14-15H2,1H3,(H,30,33)/t16-/m0/s1. The van der Waals surface area contributed by atoms with Crippen LogP contribution < -0.4 is 5.32 Å². The minimum atomic E-state index is -0.716. The van der Waals surface area contributed by atoms with E-state index < -0.39 is 6.04 Å². The Morgan fingerprint density at radius 2 is 1.36 bits per heavy atom. The Labute approximate surface area is 213 Å². The molecule has 0 saturated carbocycles. The lowest BCUT2D eigenvalue weighted by Gasteiger charge is -2.29. The van der Waals surface area contributed by atoms with Gasteiger partial charge in [0, 0.05) is 33.2 Å². The zero-order valence-corrected chi connectivity index (χ0v) is 20.8. The summed E-state index contributed by atoms with van der Waals surface area (Å²) in [4.78, 5) is 27.8. The van der Waals surface area contributed by atoms with E-state index in [0.717, 1.165) is 16.7 Å². The van der Waals surface area contributed by atoms with E-state index in [2.05, 4.69) is 5.32 Å². The summed E-state index contributed by atoms with van der Waals surface area (Å²) in [5.41, 5.74) is 2.41. The second-order valence-corrected chi connectivity index (χ2v) is 9.30. The fourth-order valence-electron chi connectivity index (χ4n) is 3.24. The first-order valence-electron chi connectivity index (χ1n) is 10.2. The lowest BCUT2D eigenvalue weighted by Crippen LogP contribution is -2.48. The van der Waals surface area contributed by atoms with E-state index in [1.165, 1.54) is 0 Å². The molecule has 0 heterocycles. The molecule has 172 valence electrons. The Bertz CT molecular complexity index is 1120. The summed E-state index contributed by atoms with van der Waals surface area (Å²) in [5.74, 6) is -0.473. The van der Waals surface area contributed by atoms with Gasteiger partial charge < -0.3 is 10.2 Å². The monoisotopic (exact) mass is 522 g/mol. The Morgan fingerprint density at radius 1 is 0.818 bits per heavy atom. The van der Waals surface area contributed by atoms with Crippen LogP contribution in [0.1, 0.15) is 23.6 Å². The second-order valence-electron chi connectivity index (χ2n) is 7.58. The number of benzene rings is 3. The summed E-state index contributed by atoms with van der Waals surface area (Å²) < 4.78 is 0. The molecule has 0 bridgehead atoms. The predicted octanol–water partition coefficient (Wildman–Crippen LogP) is 6.58. The first kappa shape index (κ1) is 25.4. The van der Waals surface area contributed by atoms with Gasteiger partial charge in [0.05, 0.1) is 6.42 Å². The van der Waals surface area contributed by atoms with E-state index in [9.17, 15) is 9.59 Å². The maximum atomic E-state index is 13.2. The lowest BCUT2D eigenvalue weighted by molar-refractivity contribution is -0.140. The number of amides is 2. The SMILES string of the molecule is C[C@@H](C(=O)NCc1ccc(Cl)cc1Cl)N(Cc1ccc(Cl)cc1)C(=O)Cc1ccc(Cl)cc1. The van der Waals surface area contributed by atoms with Gasteiger partial charge in [0.15, 0.2) is 0 Å². The summed E-state index contributed by atoms with van der Waals surface area (Å²) in [6.07, 6.45) is 0.144. The van der Waals surface area contributed by atoms with Crippen LogP contribution in [0.25, 0.3) is 0 Å². The van der Waals surface area contributed by atoms with E-state index in [4.69, 9.17) is 46.4 Å². The minimum Gasteiger partial charge on any atom is -0.350 e. The summed E-state index contributed by atoms with van der Waals surface area (Å²) in [6, 6.07) is 18.6. The highest BCUT2D eigenvalue weighted by molar-refractivity contribution is 6.35. The zero-order chi connectivity index (χ0) is 24.0. The molecule has 33 heavy (non-hydrogen) atoms. The van der Waals surface area contributed by atoms with E-state index >= 15 is 0 Å². The Hall–Kier alpha value is -2.24. The highest BCUT2D eigenvalue weighted by atomic mass is 35.5. The number of rotatable bonds is 8. The number of nitrogens with zero attached hydrogens (tertiary/aromatic N) is 1. The first-order chi connectivity index (χ1) is 15.7. The van der Waals surface area contributed by atoms with Crippen molar-refractivity contribution in [3.05, 3.63) is 104 Å². The van der Waals surface area contributed by atoms with Crippen molar-refractivity contribution in [3.8, 4) is 0 Å². The third kappa shape index (κ3) is 7.38. The van der Waals surface area contributed by atoms with Crippen LogP contribution in [0, 0.1) is 0 Å². The average Bonchev–Trinajstić information content (AvgIpc) is 2.79. The number of halogens is 4. The van der Waals surface area contributed by atoms with Crippen LogP contribution >= 0.6 is 46.4 Å². The Balaban J connectivity index is 1.75. The maximum Gasteiger partial charge on any atom is 0.242 e. The molecule has 4 nitrogen and oxygen atoms in total. The van der Waals surface area contributed by atoms with Crippen LogP contribution in [0.4, 0.5) is 0 Å². The van der Waals surface area contributed by atoms with Crippen molar-refractivity contribution in [2.75, 3.05) is 0 Å². The Kier molecular flexibility index (Phi) is 9.04. The third-order valence-corrected chi connectivity index (χ3v) is 6.26. The van der Waals surface area contributed by atoms with Gasteiger partial charge in [-0.3, -0.25) is 9.59 Å². The summed E-state index contributed by atoms with van der Waals surface area (Å²) in [7, 11) is 0. The van der Waals surface area contributed by atoms with Gasteiger partial charge in [0.2, 0.25) is 11.8 Å². The molecule has 3 rings (SSSR count). The van der Waals surface area contributed by atoms with E-state index in [1.54, 1.807) is 66.4 Å². The smallest absolute Gasteiger partial charge is 0.242 e. The van der Waals surface area contributed by atoms with E-state index in [1.807, 2.05) is 12.1 Å². The summed E-state index contributed by atoms with van der Waals surface area (Å²) in [5, 5.41) is 5.04. The fourth-order valence-corrected chi connectivity index (χ4v) is 3.97. The number of hydrogen-bond acceptors (Lipinski definition) is 2. The van der Waals surface area contributed by atoms with Crippen LogP contribution in [-0.2, 0) is 29.1 Å². The van der Waals surface area contributed by atoms with Crippen molar-refractivity contribution in [2.24, 2.45) is 0 Å². The quantitative estimate of drug-likeness (QED) is 0.362. The number of nitrogens with one attached hydrogen (secondary N) is 1. The lowest BCUT2D eigenvalue weighted by atomic mass is 10.1. The summed E-state index contributed by atoms with van der Waals surface area (Å²) in [6.45, 7) is 2.19. The molecule has 0 aliphatic heterocycles. The molecular weight excluding hydrogens is 502 g/mol. The number of carbonyl (C=O) groups is 2. The highest BCUT2D eigenvalue weighted by Gasteiger charge is 2.26. The molecule has 2 amide bonds. The molecule has 0 unspecified atom stereocenters. The van der Waals surface area contributed by atoms with Gasteiger partial charge in [-0.2, -0.15) is 0 Å². The van der Waals surface area contributed by atoms with Crippen molar-refractivity contribution in [3.63, 3.8) is 0 Å². The predicted molar refractivity (Wildman–Crippen MR) is 135 cm³/mol. The van der Waals surface area contributed by atoms with Crippen molar-refractivity contribution in [2.45, 2.75) is 32.5 Å². The number of hydrogen-bond donors (Lipinski definition) is 1. The molecule has 3 aromatic rings. The normalized spacial score (nSPS) is 11.7. The van der Waals surface area contributed by atoms with Crippen molar-refractivity contribution >= 4 is 58.2 Å². The average molecular weight is 524 g/mol. The largest absolute Gasteiger partial charge is 0.350 e. The molecule has 0 fully saturated rings. The van der Waals surface area contributed by atoms with E-state index in [-0.39, 0.29) is 31.3 Å². The van der Waals surface area contributed by atoms with Gasteiger partial charge in [0.25, 0.3) is 0 Å². The molecule has 8 heteroatoms. The Morgan fingerprint density at radius 3 is 1.94 bits per heavy atom. The van der Waals surface area contributed by atoms with Gasteiger partial charge in [-0.15, -0.1) is 0 Å². The first-order valence-corrected chi connectivity index (χ1v) is 11.7. The van der Waals surface area contributed by atoms with Crippen molar-refractivity contribution < 1.29 is 9.59 Å². The molecular formula is C25H22Cl4N2O2. The minimum absolute atomic E-state index is 0.144. The molecule has 0 aromatic heterocycles. The van der Waals surface area contributed by atoms with Crippen LogP contribution in [0.3, 0.4) is 0 Å². The molecule has 1 N–H and O–H groups in total. The maximum absolute atomic E-state index is 13.2. The highest BCUT2D eigenvalue weighted by Crippen LogP contribution is 2.21. The van der Waals surface area contributed by atoms with E-state index in [0.29, 0.717) is 20.1 Å². The third-order valence-electron chi connectivity index (χ3n) is 5.17. The van der Waals surface area contributed by atoms with Crippen molar-refractivity contribution in [1.29, 1.82) is 0 Å². The van der Waals surface area contributed by atoms with Gasteiger partial charge in [-0.25, -0.2) is 0 Å². The van der Waals surface area contributed by atoms with Gasteiger partial charge in [0.1, 0.15) is 6.04 Å². The van der Waals surface area contributed by atoms with Crippen LogP contribution in [0.15, 0.2) is 66.7 Å². The zero-order valence-electron chi connectivity index (χ0n) is 17.8. The molecule has 0 aliphatic carbocycles. The van der Waals surface area contributed by atoms with Gasteiger partial charge >= 0.3 is 0 Å². The molecule has 0 saturated heterocycles. The molecule has 1 atom stereocenters. The van der Waals surface area contributed by atoms with Gasteiger partial charge in [-0.05, 0) is 60.0 Å². The molecule has 0 radical (unpaired) electrons. The second kappa shape index (κ2) is 11.8. The van der Waals surface area contributed by atoms with Crippen molar-refractivity contribution in [1.82, 2.24) is 10.2 Å². The summed E-state index contributed by atoms with van der Waals surface area (Å²) >= 11 is 24.1. The van der Waals surface area contributed by atoms with Crippen LogP contribution in [0.2, 0.25) is 20.1 Å². The molecule has 0 aliphatic rings. The number of carbonyl (C=O) groups excluding carboxylic acids is 2. The fraction of sp³-hybridized carbons (Fsp3) is 0.200. The van der Waals surface area contributed by atoms with Gasteiger partial charge in [-0.1, -0.05) is 76.7 Å². The van der Waals surface area contributed by atoms with Crippen LogP contribution in [0.5, 0.6) is 0 Å².